The fraction of sp³-hybridized carbons (Fsp3) is 0.333. The Morgan fingerprint density at radius 2 is 1.45 bits per heavy atom. The maximum atomic E-state index is 9.00. The molecule has 0 spiro atoms. The first-order valence-electron chi connectivity index (χ1n) is 7.54. The van der Waals surface area contributed by atoms with E-state index in [9.17, 15) is 0 Å². The van der Waals surface area contributed by atoms with Crippen molar-refractivity contribution in [1.29, 1.82) is 0 Å². The summed E-state index contributed by atoms with van der Waals surface area (Å²) in [5.74, 6) is -0.833. The van der Waals surface area contributed by atoms with Crippen molar-refractivity contribution in [3.8, 4) is 0 Å². The topological polar surface area (TPSA) is 53.4 Å². The van der Waals surface area contributed by atoms with E-state index in [1.807, 2.05) is 18.2 Å². The minimum absolute atomic E-state index is 0.833. The van der Waals surface area contributed by atoms with Crippen LogP contribution in [0.25, 0.3) is 0 Å². The molecule has 0 amide bonds. The molecule has 1 aliphatic heterocycles. The molecule has 4 nitrogen and oxygen atoms in total. The van der Waals surface area contributed by atoms with Gasteiger partial charge in [0.15, 0.2) is 0 Å². The van der Waals surface area contributed by atoms with Crippen LogP contribution in [0.3, 0.4) is 0 Å². The summed E-state index contributed by atoms with van der Waals surface area (Å²) in [5, 5.41) is 7.42. The van der Waals surface area contributed by atoms with Gasteiger partial charge in [-0.1, -0.05) is 24.3 Å². The van der Waals surface area contributed by atoms with Crippen LogP contribution in [-0.2, 0) is 4.79 Å². The van der Waals surface area contributed by atoms with Gasteiger partial charge in [-0.3, -0.25) is 9.78 Å². The van der Waals surface area contributed by atoms with Gasteiger partial charge in [0, 0.05) is 38.1 Å². The zero-order valence-corrected chi connectivity index (χ0v) is 13.1. The summed E-state index contributed by atoms with van der Waals surface area (Å²) < 4.78 is 0. The molecule has 22 heavy (non-hydrogen) atoms. The van der Waals surface area contributed by atoms with Crippen molar-refractivity contribution in [3.63, 3.8) is 0 Å². The number of carboxylic acids is 1. The summed E-state index contributed by atoms with van der Waals surface area (Å²) in [6.07, 6.45) is 7.62. The summed E-state index contributed by atoms with van der Waals surface area (Å²) in [5.41, 5.74) is 1.39. The maximum Gasteiger partial charge on any atom is 0.300 e. The van der Waals surface area contributed by atoms with Crippen molar-refractivity contribution in [1.82, 2.24) is 4.98 Å². The molecule has 1 saturated heterocycles. The Kier molecular flexibility index (Phi) is 9.10. The fourth-order valence-electron chi connectivity index (χ4n) is 2.10. The molecule has 1 aromatic carbocycles. The van der Waals surface area contributed by atoms with E-state index in [4.69, 9.17) is 9.90 Å². The third-order valence-electron chi connectivity index (χ3n) is 3.04. The van der Waals surface area contributed by atoms with Gasteiger partial charge in [-0.05, 0) is 43.5 Å². The van der Waals surface area contributed by atoms with Gasteiger partial charge in [0.25, 0.3) is 5.97 Å². The van der Waals surface area contributed by atoms with Crippen molar-refractivity contribution in [2.24, 2.45) is 0 Å². The molecule has 0 bridgehead atoms. The highest BCUT2D eigenvalue weighted by atomic mass is 16.4. The van der Waals surface area contributed by atoms with E-state index in [0.717, 1.165) is 6.92 Å². The maximum absolute atomic E-state index is 9.00. The molecule has 3 rings (SSSR count). The summed E-state index contributed by atoms with van der Waals surface area (Å²) >= 11 is 0. The van der Waals surface area contributed by atoms with Gasteiger partial charge in [-0.25, -0.2) is 0 Å². The first kappa shape index (κ1) is 17.7. The van der Waals surface area contributed by atoms with Gasteiger partial charge in [-0.2, -0.15) is 0 Å². The summed E-state index contributed by atoms with van der Waals surface area (Å²) in [7, 11) is 0. The molecule has 1 fully saturated rings. The Hall–Kier alpha value is -2.36. The quantitative estimate of drug-likeness (QED) is 0.869. The second-order valence-electron chi connectivity index (χ2n) is 4.93. The Bertz CT molecular complexity index is 466. The third-order valence-corrected chi connectivity index (χ3v) is 3.04. The van der Waals surface area contributed by atoms with Crippen molar-refractivity contribution in [2.75, 3.05) is 18.0 Å². The van der Waals surface area contributed by atoms with Crippen LogP contribution in [0.4, 0.5) is 5.69 Å². The van der Waals surface area contributed by atoms with Gasteiger partial charge in [0.05, 0.1) is 0 Å². The summed E-state index contributed by atoms with van der Waals surface area (Å²) in [4.78, 5) is 15.3. The second kappa shape index (κ2) is 11.3. The minimum Gasteiger partial charge on any atom is -0.481 e. The molecule has 2 aromatic rings. The zero-order chi connectivity index (χ0) is 16.0. The van der Waals surface area contributed by atoms with E-state index < -0.39 is 5.97 Å². The van der Waals surface area contributed by atoms with Gasteiger partial charge >= 0.3 is 0 Å². The van der Waals surface area contributed by atoms with Crippen LogP contribution in [0, 0.1) is 0 Å². The van der Waals surface area contributed by atoms with Crippen LogP contribution in [0.15, 0.2) is 60.9 Å². The summed E-state index contributed by atoms with van der Waals surface area (Å²) in [6, 6.07) is 16.4. The number of aliphatic carboxylic acids is 1. The number of carboxylic acid groups (broad SMARTS) is 1. The Labute approximate surface area is 132 Å². The van der Waals surface area contributed by atoms with Crippen molar-refractivity contribution < 1.29 is 9.90 Å². The predicted octanol–water partition coefficient (Wildman–Crippen LogP) is 3.85. The summed E-state index contributed by atoms with van der Waals surface area (Å²) in [6.45, 7) is 3.56. The number of rotatable bonds is 1. The van der Waals surface area contributed by atoms with Gasteiger partial charge in [0.1, 0.15) is 0 Å². The molecule has 1 aromatic heterocycles. The van der Waals surface area contributed by atoms with Crippen molar-refractivity contribution in [3.05, 3.63) is 60.9 Å². The highest BCUT2D eigenvalue weighted by Gasteiger charge is 2.09. The number of pyridine rings is 1. The highest BCUT2D eigenvalue weighted by molar-refractivity contribution is 5.62. The van der Waals surface area contributed by atoms with Gasteiger partial charge in [0.2, 0.25) is 0 Å². The van der Waals surface area contributed by atoms with Crippen LogP contribution in [-0.4, -0.2) is 29.1 Å². The van der Waals surface area contributed by atoms with Gasteiger partial charge < -0.3 is 10.0 Å². The molecule has 0 atom stereocenters. The highest BCUT2D eigenvalue weighted by Crippen LogP contribution is 2.18. The molecular formula is C18H24N2O2. The monoisotopic (exact) mass is 300 g/mol. The minimum atomic E-state index is -0.833. The smallest absolute Gasteiger partial charge is 0.300 e. The van der Waals surface area contributed by atoms with Crippen LogP contribution in [0.5, 0.6) is 0 Å². The third kappa shape index (κ3) is 8.74. The number of piperidine rings is 1. The van der Waals surface area contributed by atoms with E-state index in [-0.39, 0.29) is 0 Å². The average Bonchev–Trinajstić information content (AvgIpc) is 2.58. The lowest BCUT2D eigenvalue weighted by Crippen LogP contribution is -2.29. The molecule has 0 radical (unpaired) electrons. The van der Waals surface area contributed by atoms with Crippen LogP contribution < -0.4 is 4.90 Å². The fourth-order valence-corrected chi connectivity index (χ4v) is 2.10. The van der Waals surface area contributed by atoms with E-state index in [1.165, 1.54) is 38.0 Å². The molecule has 2 heterocycles. The van der Waals surface area contributed by atoms with E-state index in [0.29, 0.717) is 0 Å². The molecule has 0 unspecified atom stereocenters. The van der Waals surface area contributed by atoms with Crippen molar-refractivity contribution >= 4 is 11.7 Å². The number of anilines is 1. The predicted molar refractivity (Wildman–Crippen MR) is 90.1 cm³/mol. The van der Waals surface area contributed by atoms with E-state index >= 15 is 0 Å². The Morgan fingerprint density at radius 3 is 1.86 bits per heavy atom. The van der Waals surface area contributed by atoms with Crippen LogP contribution >= 0.6 is 0 Å². The Balaban J connectivity index is 0.000000203. The molecule has 1 aliphatic rings. The largest absolute Gasteiger partial charge is 0.481 e. The van der Waals surface area contributed by atoms with Crippen molar-refractivity contribution in [2.45, 2.75) is 26.2 Å². The average molecular weight is 300 g/mol. The molecule has 0 aliphatic carbocycles. The lowest BCUT2D eigenvalue weighted by atomic mass is 10.1. The first-order valence-corrected chi connectivity index (χ1v) is 7.54. The number of hydrogen-bond acceptors (Lipinski definition) is 3. The molecule has 118 valence electrons. The number of aromatic nitrogens is 1. The Morgan fingerprint density at radius 1 is 0.955 bits per heavy atom. The second-order valence-corrected chi connectivity index (χ2v) is 4.93. The standard InChI is InChI=1S/C11H15N.C5H5N.C2H4O2/c1-3-7-11(8-4-1)12-9-5-2-6-10-12;1-2-4-6-5-3-1;1-2(3)4/h1,3-4,7-8H,2,5-6,9-10H2;1-5H;1H3,(H,3,4). The lowest BCUT2D eigenvalue weighted by molar-refractivity contribution is -0.134. The number of benzene rings is 1. The van der Waals surface area contributed by atoms with Crippen LogP contribution in [0.2, 0.25) is 0 Å². The number of carbonyl (C=O) groups is 1. The zero-order valence-electron chi connectivity index (χ0n) is 13.1. The lowest BCUT2D eigenvalue weighted by Gasteiger charge is -2.28. The van der Waals surface area contributed by atoms with Gasteiger partial charge in [-0.15, -0.1) is 0 Å². The normalized spacial score (nSPS) is 13.0. The molecule has 0 saturated carbocycles. The molecule has 4 heteroatoms. The SMILES string of the molecule is CC(=O)O.c1ccc(N2CCCCC2)cc1.c1ccncc1. The van der Waals surface area contributed by atoms with E-state index in [1.54, 1.807) is 12.4 Å². The first-order chi connectivity index (χ1) is 10.7. The van der Waals surface area contributed by atoms with Crippen LogP contribution in [0.1, 0.15) is 26.2 Å². The number of hydrogen-bond donors (Lipinski definition) is 1. The number of nitrogens with zero attached hydrogens (tertiary/aromatic N) is 2. The number of para-hydroxylation sites is 1. The molecule has 1 N–H and O–H groups in total. The van der Waals surface area contributed by atoms with E-state index in [2.05, 4.69) is 40.2 Å². The molecular weight excluding hydrogens is 276 g/mol.